The Morgan fingerprint density at radius 2 is 2.07 bits per heavy atom. The van der Waals surface area contributed by atoms with Gasteiger partial charge in [-0.15, -0.1) is 16.4 Å². The topological polar surface area (TPSA) is 53.9 Å². The highest BCUT2D eigenvalue weighted by Gasteiger charge is 2.29. The molecule has 2 atom stereocenters. The van der Waals surface area contributed by atoms with E-state index in [9.17, 15) is 0 Å². The number of aromatic nitrogens is 2. The average molecular weight is 405 g/mol. The van der Waals surface area contributed by atoms with E-state index in [2.05, 4.69) is 23.5 Å². The molecule has 27 heavy (non-hydrogen) atoms. The SMILES string of the molecule is COc1ccc(OCc2nn(C[NH+]3CCc4sccc4[C@H]3C)c(=S)o2)cc1. The number of thiophene rings is 1. The average Bonchev–Trinajstić information content (AvgIpc) is 3.30. The molecule has 142 valence electrons. The predicted octanol–water partition coefficient (Wildman–Crippen LogP) is 3.01. The highest BCUT2D eigenvalue weighted by molar-refractivity contribution is 7.71. The summed E-state index contributed by atoms with van der Waals surface area (Å²) >= 11 is 7.21. The Morgan fingerprint density at radius 3 is 2.85 bits per heavy atom. The molecular weight excluding hydrogens is 382 g/mol. The molecule has 8 heteroatoms. The molecule has 1 aliphatic rings. The number of nitrogens with one attached hydrogen (secondary N) is 1. The largest absolute Gasteiger partial charge is 0.497 e. The van der Waals surface area contributed by atoms with Gasteiger partial charge in [0.1, 0.15) is 17.5 Å². The monoisotopic (exact) mass is 404 g/mol. The third-order valence-corrected chi connectivity index (χ3v) is 6.25. The Bertz CT molecular complexity index is 961. The first-order valence-corrected chi connectivity index (χ1v) is 10.2. The van der Waals surface area contributed by atoms with Crippen molar-refractivity contribution in [3.63, 3.8) is 0 Å². The van der Waals surface area contributed by atoms with Gasteiger partial charge >= 0.3 is 0 Å². The maximum atomic E-state index is 5.73. The minimum absolute atomic E-state index is 0.239. The fourth-order valence-electron chi connectivity index (χ4n) is 3.38. The van der Waals surface area contributed by atoms with E-state index in [0.29, 0.717) is 23.4 Å². The van der Waals surface area contributed by atoms with E-state index >= 15 is 0 Å². The van der Waals surface area contributed by atoms with Crippen molar-refractivity contribution >= 4 is 23.6 Å². The molecule has 0 saturated heterocycles. The lowest BCUT2D eigenvalue weighted by atomic mass is 10.0. The number of quaternary nitrogens is 1. The van der Waals surface area contributed by atoms with Crippen LogP contribution in [0.1, 0.15) is 29.3 Å². The van der Waals surface area contributed by atoms with Crippen LogP contribution in [0.25, 0.3) is 0 Å². The van der Waals surface area contributed by atoms with Crippen LogP contribution in [-0.4, -0.2) is 23.4 Å². The van der Waals surface area contributed by atoms with Crippen LogP contribution in [0, 0.1) is 4.84 Å². The zero-order valence-corrected chi connectivity index (χ0v) is 16.9. The fraction of sp³-hybridized carbons (Fsp3) is 0.368. The van der Waals surface area contributed by atoms with Gasteiger partial charge in [-0.25, -0.2) is 0 Å². The lowest BCUT2D eigenvalue weighted by Crippen LogP contribution is -3.12. The van der Waals surface area contributed by atoms with Crippen LogP contribution in [0.5, 0.6) is 11.5 Å². The molecule has 0 amide bonds. The summed E-state index contributed by atoms with van der Waals surface area (Å²) in [7, 11) is 1.64. The first kappa shape index (κ1) is 18.2. The molecule has 0 radical (unpaired) electrons. The Balaban J connectivity index is 1.40. The van der Waals surface area contributed by atoms with Crippen molar-refractivity contribution in [2.75, 3.05) is 13.7 Å². The maximum absolute atomic E-state index is 5.73. The minimum Gasteiger partial charge on any atom is -0.497 e. The standard InChI is InChI=1S/C19H21N3O3S2/c1-13-16-8-10-27-17(16)7-9-21(13)12-22-19(26)25-18(20-22)11-24-15-5-3-14(23-2)4-6-15/h3-6,8,10,13H,7,9,11-12H2,1-2H3/p+1/t13-/m1/s1. The molecule has 1 unspecified atom stereocenters. The van der Waals surface area contributed by atoms with Crippen molar-refractivity contribution in [3.8, 4) is 11.5 Å². The second-order valence-corrected chi connectivity index (χ2v) is 7.91. The van der Waals surface area contributed by atoms with E-state index in [0.717, 1.165) is 24.5 Å². The third kappa shape index (κ3) is 3.92. The van der Waals surface area contributed by atoms with Gasteiger partial charge in [0, 0.05) is 16.9 Å². The molecule has 3 heterocycles. The van der Waals surface area contributed by atoms with Gasteiger partial charge in [-0.1, -0.05) is 0 Å². The normalized spacial score (nSPS) is 18.9. The summed E-state index contributed by atoms with van der Waals surface area (Å²) in [4.78, 5) is 3.33. The van der Waals surface area contributed by atoms with E-state index in [1.54, 1.807) is 11.8 Å². The van der Waals surface area contributed by atoms with Gasteiger partial charge < -0.3 is 18.8 Å². The summed E-state index contributed by atoms with van der Waals surface area (Å²) in [5.74, 6) is 2.00. The minimum atomic E-state index is 0.239. The molecule has 0 spiro atoms. The number of methoxy groups -OCH3 is 1. The van der Waals surface area contributed by atoms with Gasteiger partial charge in [0.25, 0.3) is 10.7 Å². The second-order valence-electron chi connectivity index (χ2n) is 6.56. The van der Waals surface area contributed by atoms with Crippen LogP contribution < -0.4 is 14.4 Å². The summed E-state index contributed by atoms with van der Waals surface area (Å²) in [5, 5.41) is 6.69. The summed E-state index contributed by atoms with van der Waals surface area (Å²) in [6.45, 7) is 4.27. The number of nitrogens with zero attached hydrogens (tertiary/aromatic N) is 2. The Kier molecular flexibility index (Phi) is 5.29. The van der Waals surface area contributed by atoms with Gasteiger partial charge in [0.05, 0.1) is 13.7 Å². The lowest BCUT2D eigenvalue weighted by Gasteiger charge is -2.29. The molecule has 0 bridgehead atoms. The Hall–Kier alpha value is -2.16. The van der Waals surface area contributed by atoms with Gasteiger partial charge in [0.15, 0.2) is 13.3 Å². The van der Waals surface area contributed by atoms with Gasteiger partial charge in [0.2, 0.25) is 0 Å². The molecular formula is C19H22N3O3S2+. The molecule has 3 aromatic rings. The molecule has 1 N–H and O–H groups in total. The van der Waals surface area contributed by atoms with E-state index in [-0.39, 0.29) is 6.61 Å². The molecule has 0 saturated carbocycles. The van der Waals surface area contributed by atoms with Crippen LogP contribution in [0.3, 0.4) is 0 Å². The van der Waals surface area contributed by atoms with Crippen molar-refractivity contribution < 1.29 is 18.8 Å². The summed E-state index contributed by atoms with van der Waals surface area (Å²) in [5.41, 5.74) is 1.44. The van der Waals surface area contributed by atoms with Crippen molar-refractivity contribution in [2.45, 2.75) is 32.7 Å². The third-order valence-electron chi connectivity index (χ3n) is 4.95. The van der Waals surface area contributed by atoms with Crippen LogP contribution in [0.4, 0.5) is 0 Å². The number of hydrogen-bond acceptors (Lipinski definition) is 6. The highest BCUT2D eigenvalue weighted by Crippen LogP contribution is 2.24. The zero-order valence-electron chi connectivity index (χ0n) is 15.3. The molecule has 2 aromatic heterocycles. The predicted molar refractivity (Wildman–Crippen MR) is 105 cm³/mol. The van der Waals surface area contributed by atoms with Crippen LogP contribution in [-0.2, 0) is 19.7 Å². The van der Waals surface area contributed by atoms with E-state index < -0.39 is 0 Å². The van der Waals surface area contributed by atoms with Gasteiger partial charge in [-0.2, -0.15) is 4.68 Å². The summed E-state index contributed by atoms with van der Waals surface area (Å²) < 4.78 is 18.3. The molecule has 0 fully saturated rings. The lowest BCUT2D eigenvalue weighted by molar-refractivity contribution is -0.954. The van der Waals surface area contributed by atoms with E-state index in [1.165, 1.54) is 15.3 Å². The van der Waals surface area contributed by atoms with Gasteiger partial charge in [-0.05, 0) is 54.9 Å². The van der Waals surface area contributed by atoms with Gasteiger partial charge in [-0.3, -0.25) is 0 Å². The maximum Gasteiger partial charge on any atom is 0.291 e. The number of hydrogen-bond donors (Lipinski definition) is 1. The van der Waals surface area contributed by atoms with Crippen LogP contribution in [0.15, 0.2) is 40.1 Å². The number of rotatable bonds is 6. The van der Waals surface area contributed by atoms with Crippen molar-refractivity contribution in [1.82, 2.24) is 9.78 Å². The first-order valence-electron chi connectivity index (χ1n) is 8.88. The zero-order chi connectivity index (χ0) is 18.8. The van der Waals surface area contributed by atoms with E-state index in [1.807, 2.05) is 35.6 Å². The smallest absolute Gasteiger partial charge is 0.291 e. The fourth-order valence-corrected chi connectivity index (χ4v) is 4.56. The van der Waals surface area contributed by atoms with Crippen molar-refractivity contribution in [2.24, 2.45) is 0 Å². The van der Waals surface area contributed by atoms with E-state index in [4.69, 9.17) is 26.1 Å². The van der Waals surface area contributed by atoms with Crippen LogP contribution >= 0.6 is 23.6 Å². The molecule has 4 rings (SSSR count). The Labute approximate surface area is 166 Å². The quantitative estimate of drug-likeness (QED) is 0.640. The van der Waals surface area contributed by atoms with Crippen molar-refractivity contribution in [1.29, 1.82) is 0 Å². The molecule has 1 aliphatic heterocycles. The summed E-state index contributed by atoms with van der Waals surface area (Å²) in [6, 6.07) is 10.1. The summed E-state index contributed by atoms with van der Waals surface area (Å²) in [6.07, 6.45) is 1.10. The first-order chi connectivity index (χ1) is 13.1. The number of ether oxygens (including phenoxy) is 2. The van der Waals surface area contributed by atoms with Crippen LogP contribution in [0.2, 0.25) is 0 Å². The number of fused-ring (bicyclic) bond motifs is 1. The molecule has 0 aliphatic carbocycles. The second kappa shape index (κ2) is 7.84. The molecule has 6 nitrogen and oxygen atoms in total. The number of benzene rings is 1. The highest BCUT2D eigenvalue weighted by atomic mass is 32.1. The van der Waals surface area contributed by atoms with Crippen molar-refractivity contribution in [3.05, 3.63) is 56.9 Å². The Morgan fingerprint density at radius 1 is 1.30 bits per heavy atom. The molecule has 1 aromatic carbocycles.